The summed E-state index contributed by atoms with van der Waals surface area (Å²) in [5, 5.41) is 13.6. The first-order valence-electron chi connectivity index (χ1n) is 16.8. The molecule has 2 aromatic heterocycles. The highest BCUT2D eigenvalue weighted by molar-refractivity contribution is 7.16. The minimum Gasteiger partial charge on any atom is -0.448 e. The smallest absolute Gasteiger partial charge is 0.409 e. The van der Waals surface area contributed by atoms with E-state index in [4.69, 9.17) is 4.74 Å². The molecule has 1 aliphatic carbocycles. The summed E-state index contributed by atoms with van der Waals surface area (Å²) in [5.74, 6) is -0.924. The monoisotopic (exact) mass is 709 g/mol. The van der Waals surface area contributed by atoms with E-state index in [1.807, 2.05) is 49.4 Å². The standard InChI is InChI=1S/C37H33F2N7O4S/c1-20-31(22-10-12-29-21(18-22)11-13-30(47)40-29)41-36(51-20)42-35(48)32-33(34(38)39)46(44-43-32)23-14-16-45(17-15-23)37(49)50-19-28-26-8-4-2-6-24(26)25-7-3-5-9-27(25)28/h2-10,12,18,23,28,34H,11,13-17,19H2,1H3,(H,40,47)(H,41,42,48). The Morgan fingerprint density at radius 3 is 2.43 bits per heavy atom. The summed E-state index contributed by atoms with van der Waals surface area (Å²) in [5.41, 5.74) is 6.70. The number of thiazole rings is 1. The Bertz CT molecular complexity index is 2130. The van der Waals surface area contributed by atoms with Gasteiger partial charge in [0.1, 0.15) is 12.3 Å². The fourth-order valence-corrected chi connectivity index (χ4v) is 8.15. The van der Waals surface area contributed by atoms with Gasteiger partial charge in [-0.05, 0) is 66.1 Å². The fraction of sp³-hybridized carbons (Fsp3) is 0.297. The Morgan fingerprint density at radius 1 is 1.02 bits per heavy atom. The number of hydrogen-bond acceptors (Lipinski definition) is 8. The van der Waals surface area contributed by atoms with Crippen LogP contribution in [0.15, 0.2) is 66.7 Å². The Hall–Kier alpha value is -5.50. The highest BCUT2D eigenvalue weighted by Crippen LogP contribution is 2.44. The molecule has 0 radical (unpaired) electrons. The zero-order chi connectivity index (χ0) is 35.2. The molecule has 0 bridgehead atoms. The van der Waals surface area contributed by atoms with Crippen molar-refractivity contribution < 1.29 is 27.9 Å². The van der Waals surface area contributed by atoms with Gasteiger partial charge in [-0.25, -0.2) is 23.2 Å². The van der Waals surface area contributed by atoms with Crippen molar-refractivity contribution in [1.82, 2.24) is 24.9 Å². The summed E-state index contributed by atoms with van der Waals surface area (Å²) < 4.78 is 35.9. The summed E-state index contributed by atoms with van der Waals surface area (Å²) in [6.45, 7) is 2.61. The van der Waals surface area contributed by atoms with Crippen LogP contribution in [0.3, 0.4) is 0 Å². The van der Waals surface area contributed by atoms with Crippen LogP contribution in [-0.2, 0) is 16.0 Å². The lowest BCUT2D eigenvalue weighted by Crippen LogP contribution is -2.40. The molecule has 0 atom stereocenters. The molecule has 8 rings (SSSR count). The van der Waals surface area contributed by atoms with Gasteiger partial charge in [-0.2, -0.15) is 0 Å². The normalized spacial score (nSPS) is 15.7. The molecule has 2 N–H and O–H groups in total. The number of likely N-dealkylation sites (tertiary alicyclic amines) is 1. The van der Waals surface area contributed by atoms with Crippen molar-refractivity contribution in [3.8, 4) is 22.4 Å². The van der Waals surface area contributed by atoms with E-state index in [0.717, 1.165) is 48.6 Å². The zero-order valence-corrected chi connectivity index (χ0v) is 28.4. The second-order valence-corrected chi connectivity index (χ2v) is 14.1. The van der Waals surface area contributed by atoms with Gasteiger partial charge in [0.15, 0.2) is 10.8 Å². The number of benzene rings is 3. The molecule has 5 aromatic rings. The number of aromatic nitrogens is 4. The zero-order valence-electron chi connectivity index (χ0n) is 27.6. The molecule has 14 heteroatoms. The maximum absolute atomic E-state index is 14.5. The molecule has 0 saturated carbocycles. The average molecular weight is 710 g/mol. The quantitative estimate of drug-likeness (QED) is 0.180. The van der Waals surface area contributed by atoms with Crippen molar-refractivity contribution in [3.05, 3.63) is 99.7 Å². The maximum atomic E-state index is 14.5. The number of halogens is 2. The number of ether oxygens (including phenoxy) is 1. The second-order valence-electron chi connectivity index (χ2n) is 12.9. The minimum absolute atomic E-state index is 0.0239. The Balaban J connectivity index is 0.910. The molecule has 3 aromatic carbocycles. The summed E-state index contributed by atoms with van der Waals surface area (Å²) >= 11 is 1.22. The Kier molecular flexibility index (Phi) is 8.54. The lowest BCUT2D eigenvalue weighted by atomic mass is 9.98. The molecule has 260 valence electrons. The topological polar surface area (TPSA) is 131 Å². The van der Waals surface area contributed by atoms with Crippen molar-refractivity contribution in [2.75, 3.05) is 30.3 Å². The molecular weight excluding hydrogens is 677 g/mol. The number of piperidine rings is 1. The van der Waals surface area contributed by atoms with Crippen molar-refractivity contribution in [3.63, 3.8) is 0 Å². The van der Waals surface area contributed by atoms with Crippen LogP contribution in [-0.4, -0.2) is 62.5 Å². The predicted octanol–water partition coefficient (Wildman–Crippen LogP) is 7.37. The molecule has 11 nitrogen and oxygen atoms in total. The van der Waals surface area contributed by atoms with Gasteiger partial charge in [0.2, 0.25) is 5.91 Å². The molecule has 0 spiro atoms. The largest absolute Gasteiger partial charge is 0.448 e. The minimum atomic E-state index is -3.01. The van der Waals surface area contributed by atoms with E-state index >= 15 is 0 Å². The summed E-state index contributed by atoms with van der Waals surface area (Å²) in [7, 11) is 0. The van der Waals surface area contributed by atoms with Crippen molar-refractivity contribution in [1.29, 1.82) is 0 Å². The van der Waals surface area contributed by atoms with Gasteiger partial charge in [0.25, 0.3) is 12.3 Å². The number of amides is 3. The number of nitrogens with one attached hydrogen (secondary N) is 2. The van der Waals surface area contributed by atoms with E-state index < -0.39 is 35.9 Å². The number of nitrogens with zero attached hydrogens (tertiary/aromatic N) is 5. The summed E-state index contributed by atoms with van der Waals surface area (Å²) in [6, 6.07) is 21.4. The van der Waals surface area contributed by atoms with Crippen LogP contribution in [0.25, 0.3) is 22.4 Å². The molecule has 51 heavy (non-hydrogen) atoms. The van der Waals surface area contributed by atoms with Gasteiger partial charge in [-0.1, -0.05) is 59.8 Å². The van der Waals surface area contributed by atoms with Crippen LogP contribution in [0.1, 0.15) is 75.4 Å². The van der Waals surface area contributed by atoms with Gasteiger partial charge in [-0.15, -0.1) is 16.4 Å². The van der Waals surface area contributed by atoms with Crippen LogP contribution < -0.4 is 10.6 Å². The summed E-state index contributed by atoms with van der Waals surface area (Å²) in [6.07, 6.45) is -1.77. The number of fused-ring (bicyclic) bond motifs is 4. The van der Waals surface area contributed by atoms with E-state index in [2.05, 4.69) is 50.2 Å². The van der Waals surface area contributed by atoms with Gasteiger partial charge in [0, 0.05) is 41.6 Å². The number of hydrogen-bond donors (Lipinski definition) is 2. The fourth-order valence-electron chi connectivity index (χ4n) is 7.32. The van der Waals surface area contributed by atoms with Crippen LogP contribution in [0.2, 0.25) is 0 Å². The maximum Gasteiger partial charge on any atom is 0.409 e. The van der Waals surface area contributed by atoms with Crippen LogP contribution in [0.4, 0.5) is 24.4 Å². The lowest BCUT2D eigenvalue weighted by molar-refractivity contribution is -0.116. The highest BCUT2D eigenvalue weighted by atomic mass is 32.1. The first-order chi connectivity index (χ1) is 24.7. The Labute approximate surface area is 295 Å². The number of carbonyl (C=O) groups is 3. The molecule has 3 aliphatic rings. The van der Waals surface area contributed by atoms with Crippen molar-refractivity contribution >= 4 is 40.1 Å². The predicted molar refractivity (Wildman–Crippen MR) is 187 cm³/mol. The van der Waals surface area contributed by atoms with Gasteiger partial charge < -0.3 is 15.0 Å². The Morgan fingerprint density at radius 2 is 1.73 bits per heavy atom. The first kappa shape index (κ1) is 32.7. The van der Waals surface area contributed by atoms with Crippen LogP contribution in [0.5, 0.6) is 0 Å². The number of alkyl halides is 2. The molecular formula is C37H33F2N7O4S. The molecule has 1 saturated heterocycles. The van der Waals surface area contributed by atoms with Crippen LogP contribution >= 0.6 is 11.3 Å². The van der Waals surface area contributed by atoms with E-state index in [1.165, 1.54) is 11.3 Å². The van der Waals surface area contributed by atoms with E-state index in [9.17, 15) is 23.2 Å². The average Bonchev–Trinajstić information content (AvgIpc) is 3.84. The van der Waals surface area contributed by atoms with E-state index in [1.54, 1.807) is 4.90 Å². The van der Waals surface area contributed by atoms with E-state index in [0.29, 0.717) is 31.4 Å². The molecule has 1 fully saturated rings. The molecule has 2 aliphatic heterocycles. The van der Waals surface area contributed by atoms with Gasteiger partial charge in [-0.3, -0.25) is 14.9 Å². The number of rotatable bonds is 7. The molecule has 0 unspecified atom stereocenters. The third-order valence-corrected chi connectivity index (χ3v) is 10.7. The highest BCUT2D eigenvalue weighted by Gasteiger charge is 2.34. The van der Waals surface area contributed by atoms with Crippen molar-refractivity contribution in [2.45, 2.75) is 51.0 Å². The second kappa shape index (κ2) is 13.3. The first-order valence-corrected chi connectivity index (χ1v) is 17.6. The van der Waals surface area contributed by atoms with Crippen molar-refractivity contribution in [2.24, 2.45) is 0 Å². The lowest BCUT2D eigenvalue weighted by Gasteiger charge is -2.32. The number of carbonyl (C=O) groups excluding carboxylic acids is 3. The van der Waals surface area contributed by atoms with Crippen LogP contribution in [0, 0.1) is 6.92 Å². The molecule has 3 amide bonds. The van der Waals surface area contributed by atoms with E-state index in [-0.39, 0.29) is 36.7 Å². The third kappa shape index (κ3) is 6.13. The number of anilines is 2. The number of aryl methyl sites for hydroxylation is 2. The van der Waals surface area contributed by atoms with Gasteiger partial charge >= 0.3 is 6.09 Å². The molecule has 4 heterocycles. The summed E-state index contributed by atoms with van der Waals surface area (Å²) in [4.78, 5) is 45.1. The third-order valence-electron chi connectivity index (χ3n) is 9.85. The SMILES string of the molecule is Cc1sc(NC(=O)c2nnn(C3CCN(C(=O)OCC4c5ccccc5-c5ccccc54)CC3)c2C(F)F)nc1-c1ccc2c(c1)CCC(=O)N2. The van der Waals surface area contributed by atoms with Gasteiger partial charge in [0.05, 0.1) is 11.7 Å².